The van der Waals surface area contributed by atoms with Gasteiger partial charge in [0.15, 0.2) is 0 Å². The Morgan fingerprint density at radius 2 is 1.93 bits per heavy atom. The van der Waals surface area contributed by atoms with E-state index in [1.165, 1.54) is 23.1 Å². The summed E-state index contributed by atoms with van der Waals surface area (Å²) in [6.07, 6.45) is -1.99. The number of benzene rings is 2. The lowest BCUT2D eigenvalue weighted by molar-refractivity contribution is -0.158. The van der Waals surface area contributed by atoms with Gasteiger partial charge in [-0.05, 0) is 36.4 Å². The van der Waals surface area contributed by atoms with Crippen molar-refractivity contribution in [2.24, 2.45) is 0 Å². The van der Waals surface area contributed by atoms with E-state index in [9.17, 15) is 13.6 Å². The molecule has 0 radical (unpaired) electrons. The van der Waals surface area contributed by atoms with Gasteiger partial charge in [-0.25, -0.2) is 4.68 Å². The van der Waals surface area contributed by atoms with Gasteiger partial charge in [0.05, 0.1) is 23.4 Å². The Labute approximate surface area is 155 Å². The zero-order valence-electron chi connectivity index (χ0n) is 15.0. The van der Waals surface area contributed by atoms with Crippen LogP contribution in [-0.4, -0.2) is 33.7 Å². The molecule has 0 bridgehead atoms. The fourth-order valence-corrected chi connectivity index (χ4v) is 2.77. The van der Waals surface area contributed by atoms with Crippen LogP contribution in [0.1, 0.15) is 12.6 Å². The number of carbonyl (C=O) groups is 1. The largest absolute Gasteiger partial charge is 0.433 e. The molecule has 7 heteroatoms. The highest BCUT2D eigenvalue weighted by Crippen LogP contribution is 2.26. The number of hydrogen-bond acceptors (Lipinski definition) is 3. The van der Waals surface area contributed by atoms with Gasteiger partial charge in [-0.2, -0.15) is 13.9 Å². The van der Waals surface area contributed by atoms with Gasteiger partial charge in [-0.3, -0.25) is 4.79 Å². The third-order valence-electron chi connectivity index (χ3n) is 3.98. The number of halogens is 2. The average Bonchev–Trinajstić information content (AvgIpc) is 2.99. The minimum Gasteiger partial charge on any atom is -0.433 e. The summed E-state index contributed by atoms with van der Waals surface area (Å²) in [6, 6.07) is 13.9. The van der Waals surface area contributed by atoms with Crippen molar-refractivity contribution in [3.8, 4) is 11.4 Å². The molecule has 0 fully saturated rings. The molecule has 0 saturated heterocycles. The molecule has 2 aromatic carbocycles. The highest BCUT2D eigenvalue weighted by Gasteiger charge is 2.23. The summed E-state index contributed by atoms with van der Waals surface area (Å²) >= 11 is 0. The van der Waals surface area contributed by atoms with Gasteiger partial charge in [0.25, 0.3) is 0 Å². The van der Waals surface area contributed by atoms with Crippen LogP contribution in [0.5, 0.6) is 5.75 Å². The van der Waals surface area contributed by atoms with Gasteiger partial charge in [0.1, 0.15) is 5.75 Å². The minimum atomic E-state index is -3.24. The van der Waals surface area contributed by atoms with Crippen LogP contribution in [0.3, 0.4) is 0 Å². The Morgan fingerprint density at radius 3 is 2.56 bits per heavy atom. The monoisotopic (exact) mass is 371 g/mol. The normalized spacial score (nSPS) is 11.4. The Hall–Kier alpha value is -3.22. The Morgan fingerprint density at radius 1 is 1.26 bits per heavy atom. The summed E-state index contributed by atoms with van der Waals surface area (Å²) in [5, 5.41) is 5.52. The highest BCUT2D eigenvalue weighted by atomic mass is 19.3. The fourth-order valence-electron chi connectivity index (χ4n) is 2.77. The number of ether oxygens (including phenoxy) is 1. The molecule has 5 nitrogen and oxygen atoms in total. The quantitative estimate of drug-likeness (QED) is 0.611. The molecule has 1 heterocycles. The Bertz CT molecular complexity index is 975. The molecule has 0 unspecified atom stereocenters. The maximum atomic E-state index is 13.0. The summed E-state index contributed by atoms with van der Waals surface area (Å²) in [5.74, 6) is -0.130. The molecule has 0 aliphatic rings. The van der Waals surface area contributed by atoms with Crippen molar-refractivity contribution in [2.45, 2.75) is 19.6 Å². The molecule has 0 atom stereocenters. The van der Waals surface area contributed by atoms with E-state index in [4.69, 9.17) is 0 Å². The van der Waals surface area contributed by atoms with Gasteiger partial charge in [-0.15, -0.1) is 0 Å². The van der Waals surface area contributed by atoms with Crippen LogP contribution >= 0.6 is 0 Å². The van der Waals surface area contributed by atoms with Gasteiger partial charge < -0.3 is 9.64 Å². The Kier molecular flexibility index (Phi) is 4.94. The van der Waals surface area contributed by atoms with E-state index in [1.807, 2.05) is 24.3 Å². The van der Waals surface area contributed by atoms with Crippen molar-refractivity contribution in [2.75, 3.05) is 7.05 Å². The standard InChI is InChI=1S/C20H19F2N3O2/c1-4-19(26)24(3)13-17-16-7-5-6-8-18(16)25(23-17)14-9-11-15(12-10-14)27-20(2,21)22/h4-12H,1,13H2,2-3H3. The number of amides is 1. The average molecular weight is 371 g/mol. The van der Waals surface area contributed by atoms with E-state index in [1.54, 1.807) is 23.9 Å². The van der Waals surface area contributed by atoms with Crippen molar-refractivity contribution in [1.29, 1.82) is 0 Å². The first kappa shape index (κ1) is 18.6. The molecule has 0 spiro atoms. The number of alkyl halides is 2. The number of aromatic nitrogens is 2. The second-order valence-corrected chi connectivity index (χ2v) is 6.18. The SMILES string of the molecule is C=CC(=O)N(C)Cc1nn(-c2ccc(OC(C)(F)F)cc2)c2ccccc12. The maximum absolute atomic E-state index is 13.0. The van der Waals surface area contributed by atoms with Crippen LogP contribution in [-0.2, 0) is 11.3 Å². The molecule has 0 aliphatic heterocycles. The predicted molar refractivity (Wildman–Crippen MR) is 99.0 cm³/mol. The number of para-hydroxylation sites is 1. The molecule has 1 amide bonds. The van der Waals surface area contributed by atoms with Crippen molar-refractivity contribution in [1.82, 2.24) is 14.7 Å². The lowest BCUT2D eigenvalue weighted by Crippen LogP contribution is -2.24. The van der Waals surface area contributed by atoms with Crippen LogP contribution in [0.25, 0.3) is 16.6 Å². The van der Waals surface area contributed by atoms with E-state index in [2.05, 4.69) is 16.4 Å². The maximum Gasteiger partial charge on any atom is 0.394 e. The van der Waals surface area contributed by atoms with E-state index in [0.717, 1.165) is 16.6 Å². The number of nitrogens with zero attached hydrogens (tertiary/aromatic N) is 3. The summed E-state index contributed by atoms with van der Waals surface area (Å²) < 4.78 is 32.2. The van der Waals surface area contributed by atoms with E-state index in [0.29, 0.717) is 19.2 Å². The van der Waals surface area contributed by atoms with Gasteiger partial charge >= 0.3 is 6.11 Å². The first-order valence-corrected chi connectivity index (χ1v) is 8.30. The van der Waals surface area contributed by atoms with Crippen LogP contribution in [0, 0.1) is 0 Å². The summed E-state index contributed by atoms with van der Waals surface area (Å²) in [4.78, 5) is 13.3. The van der Waals surface area contributed by atoms with Crippen LogP contribution in [0.4, 0.5) is 8.78 Å². The minimum absolute atomic E-state index is 0.0687. The van der Waals surface area contributed by atoms with Crippen molar-refractivity contribution in [3.05, 3.63) is 66.9 Å². The summed E-state index contributed by atoms with van der Waals surface area (Å²) in [6.45, 7) is 4.50. The topological polar surface area (TPSA) is 47.4 Å². The van der Waals surface area contributed by atoms with Gasteiger partial charge in [0, 0.05) is 19.4 Å². The van der Waals surface area contributed by atoms with Crippen LogP contribution < -0.4 is 4.74 Å². The molecule has 0 N–H and O–H groups in total. The molecular weight excluding hydrogens is 352 g/mol. The predicted octanol–water partition coefficient (Wildman–Crippen LogP) is 4.16. The molecule has 0 aliphatic carbocycles. The molecule has 3 aromatic rings. The third-order valence-corrected chi connectivity index (χ3v) is 3.98. The second-order valence-electron chi connectivity index (χ2n) is 6.18. The number of likely N-dealkylation sites (N-methyl/N-ethyl adjacent to an activating group) is 1. The van der Waals surface area contributed by atoms with Crippen molar-refractivity contribution >= 4 is 16.8 Å². The van der Waals surface area contributed by atoms with Crippen LogP contribution in [0.2, 0.25) is 0 Å². The first-order valence-electron chi connectivity index (χ1n) is 8.30. The lowest BCUT2D eigenvalue weighted by Gasteiger charge is -2.13. The van der Waals surface area contributed by atoms with E-state index < -0.39 is 6.11 Å². The first-order chi connectivity index (χ1) is 12.8. The Balaban J connectivity index is 1.97. The number of rotatable bonds is 6. The smallest absolute Gasteiger partial charge is 0.394 e. The lowest BCUT2D eigenvalue weighted by atomic mass is 10.2. The van der Waals surface area contributed by atoms with Gasteiger partial charge in [0.2, 0.25) is 5.91 Å². The molecule has 140 valence electrons. The molecule has 3 rings (SSSR count). The second kappa shape index (κ2) is 7.19. The summed E-state index contributed by atoms with van der Waals surface area (Å²) in [7, 11) is 1.68. The highest BCUT2D eigenvalue weighted by molar-refractivity contribution is 5.88. The molecular formula is C20H19F2N3O2. The van der Waals surface area contributed by atoms with Crippen LogP contribution in [0.15, 0.2) is 61.2 Å². The number of fused-ring (bicyclic) bond motifs is 1. The van der Waals surface area contributed by atoms with E-state index >= 15 is 0 Å². The van der Waals surface area contributed by atoms with Crippen molar-refractivity contribution < 1.29 is 18.3 Å². The molecule has 0 saturated carbocycles. The zero-order chi connectivity index (χ0) is 19.6. The summed E-state index contributed by atoms with van der Waals surface area (Å²) in [5.41, 5.74) is 2.27. The fraction of sp³-hybridized carbons (Fsp3) is 0.200. The third kappa shape index (κ3) is 4.13. The molecule has 27 heavy (non-hydrogen) atoms. The molecule has 1 aromatic heterocycles. The number of carbonyl (C=O) groups excluding carboxylic acids is 1. The van der Waals surface area contributed by atoms with Gasteiger partial charge in [-0.1, -0.05) is 24.8 Å². The number of hydrogen-bond donors (Lipinski definition) is 0. The van der Waals surface area contributed by atoms with Crippen molar-refractivity contribution in [3.63, 3.8) is 0 Å². The van der Waals surface area contributed by atoms with E-state index in [-0.39, 0.29) is 11.7 Å². The zero-order valence-corrected chi connectivity index (χ0v) is 15.0.